The van der Waals surface area contributed by atoms with Crippen LogP contribution in [0.5, 0.6) is 0 Å². The number of nitrogens with zero attached hydrogens (tertiary/aromatic N) is 1. The lowest BCUT2D eigenvalue weighted by Gasteiger charge is -2.20. The highest BCUT2D eigenvalue weighted by molar-refractivity contribution is 5.95. The first-order valence-corrected chi connectivity index (χ1v) is 8.41. The van der Waals surface area contributed by atoms with Gasteiger partial charge in [-0.3, -0.25) is 14.4 Å². The molecule has 136 valence electrons. The van der Waals surface area contributed by atoms with E-state index >= 15 is 0 Å². The average molecular weight is 350 g/mol. The number of hydrogen-bond acceptors (Lipinski definition) is 4. The van der Waals surface area contributed by atoms with E-state index < -0.39 is 23.8 Å². The lowest BCUT2D eigenvalue weighted by molar-refractivity contribution is -0.156. The van der Waals surface area contributed by atoms with Crippen molar-refractivity contribution < 1.29 is 23.5 Å². The molecule has 1 saturated heterocycles. The third-order valence-electron chi connectivity index (χ3n) is 4.11. The zero-order chi connectivity index (χ0) is 18.4. The minimum atomic E-state index is -1.04. The fourth-order valence-electron chi connectivity index (χ4n) is 2.56. The highest BCUT2D eigenvalue weighted by Crippen LogP contribution is 2.14. The number of amides is 2. The summed E-state index contributed by atoms with van der Waals surface area (Å²) in [6, 6.07) is 4.32. The number of esters is 1. The van der Waals surface area contributed by atoms with Crippen molar-refractivity contribution >= 4 is 23.5 Å². The van der Waals surface area contributed by atoms with E-state index in [0.717, 1.165) is 19.3 Å². The molecule has 1 aromatic rings. The van der Waals surface area contributed by atoms with Crippen LogP contribution in [-0.2, 0) is 19.1 Å². The summed E-state index contributed by atoms with van der Waals surface area (Å²) in [6.07, 6.45) is 2.04. The van der Waals surface area contributed by atoms with Crippen molar-refractivity contribution in [2.24, 2.45) is 0 Å². The van der Waals surface area contributed by atoms with E-state index in [1.54, 1.807) is 19.1 Å². The second-order valence-electron chi connectivity index (χ2n) is 6.21. The van der Waals surface area contributed by atoms with Crippen molar-refractivity contribution in [3.63, 3.8) is 0 Å². The Kier molecular flexibility index (Phi) is 6.50. The van der Waals surface area contributed by atoms with Crippen LogP contribution in [0.15, 0.2) is 18.2 Å². The van der Waals surface area contributed by atoms with Gasteiger partial charge in [0.15, 0.2) is 6.10 Å². The van der Waals surface area contributed by atoms with Crippen LogP contribution in [-0.4, -0.2) is 41.9 Å². The van der Waals surface area contributed by atoms with Gasteiger partial charge in [0.2, 0.25) is 5.91 Å². The van der Waals surface area contributed by atoms with Crippen LogP contribution in [0.25, 0.3) is 0 Å². The molecule has 1 heterocycles. The van der Waals surface area contributed by atoms with Gasteiger partial charge in [0.05, 0.1) is 0 Å². The number of rotatable bonds is 5. The first-order valence-electron chi connectivity index (χ1n) is 8.41. The Labute approximate surface area is 146 Å². The molecule has 0 radical (unpaired) electrons. The minimum Gasteiger partial charge on any atom is -0.451 e. The Morgan fingerprint density at radius 2 is 2.08 bits per heavy atom. The first kappa shape index (κ1) is 18.9. The number of hydrogen-bond donors (Lipinski definition) is 1. The van der Waals surface area contributed by atoms with Crippen LogP contribution in [0, 0.1) is 12.7 Å². The van der Waals surface area contributed by atoms with Gasteiger partial charge in [0.1, 0.15) is 12.4 Å². The van der Waals surface area contributed by atoms with Crippen LogP contribution in [0.4, 0.5) is 10.1 Å². The van der Waals surface area contributed by atoms with Gasteiger partial charge in [-0.1, -0.05) is 12.5 Å². The molecule has 1 N–H and O–H groups in total. The highest BCUT2D eigenvalue weighted by Gasteiger charge is 2.23. The molecule has 0 spiro atoms. The number of aryl methyl sites for hydroxylation is 1. The molecular weight excluding hydrogens is 327 g/mol. The molecule has 6 nitrogen and oxygen atoms in total. The van der Waals surface area contributed by atoms with E-state index in [2.05, 4.69) is 5.32 Å². The molecular formula is C18H23FN2O4. The standard InChI is InChI=1S/C18H23FN2O4/c1-12-7-8-14(10-15(12)19)20-18(24)13(2)25-17(23)11-21-9-5-3-4-6-16(21)22/h7-8,10,13H,3-6,9,11H2,1-2H3,(H,20,24). The summed E-state index contributed by atoms with van der Waals surface area (Å²) in [5.41, 5.74) is 0.762. The molecule has 2 rings (SSSR count). The molecule has 25 heavy (non-hydrogen) atoms. The molecule has 0 bridgehead atoms. The zero-order valence-electron chi connectivity index (χ0n) is 14.5. The Hall–Kier alpha value is -2.44. The summed E-state index contributed by atoms with van der Waals surface area (Å²) in [6.45, 7) is 3.42. The maximum Gasteiger partial charge on any atom is 0.326 e. The fourth-order valence-corrected chi connectivity index (χ4v) is 2.56. The van der Waals surface area contributed by atoms with E-state index in [1.807, 2.05) is 0 Å². The summed E-state index contributed by atoms with van der Waals surface area (Å²) in [7, 11) is 0. The van der Waals surface area contributed by atoms with E-state index in [9.17, 15) is 18.8 Å². The monoisotopic (exact) mass is 350 g/mol. The molecule has 0 saturated carbocycles. The largest absolute Gasteiger partial charge is 0.451 e. The number of carbonyl (C=O) groups excluding carboxylic acids is 3. The fraction of sp³-hybridized carbons (Fsp3) is 0.500. The van der Waals surface area contributed by atoms with Gasteiger partial charge < -0.3 is 15.0 Å². The maximum absolute atomic E-state index is 13.5. The van der Waals surface area contributed by atoms with Gasteiger partial charge in [0.25, 0.3) is 5.91 Å². The highest BCUT2D eigenvalue weighted by atomic mass is 19.1. The van der Waals surface area contributed by atoms with E-state index in [0.29, 0.717) is 24.2 Å². The van der Waals surface area contributed by atoms with E-state index in [-0.39, 0.29) is 12.5 Å². The summed E-state index contributed by atoms with van der Waals surface area (Å²) in [5.74, 6) is -1.68. The summed E-state index contributed by atoms with van der Waals surface area (Å²) >= 11 is 0. The predicted molar refractivity (Wildman–Crippen MR) is 90.4 cm³/mol. The van der Waals surface area contributed by atoms with Crippen LogP contribution in [0.2, 0.25) is 0 Å². The van der Waals surface area contributed by atoms with Crippen molar-refractivity contribution in [2.75, 3.05) is 18.4 Å². The molecule has 1 aliphatic heterocycles. The van der Waals surface area contributed by atoms with Crippen molar-refractivity contribution in [2.45, 2.75) is 45.6 Å². The van der Waals surface area contributed by atoms with Gasteiger partial charge >= 0.3 is 5.97 Å². The molecule has 1 unspecified atom stereocenters. The minimum absolute atomic E-state index is 0.0679. The lowest BCUT2D eigenvalue weighted by atomic mass is 10.2. The van der Waals surface area contributed by atoms with Gasteiger partial charge in [-0.2, -0.15) is 0 Å². The van der Waals surface area contributed by atoms with Crippen LogP contribution in [0.1, 0.15) is 38.2 Å². The quantitative estimate of drug-likeness (QED) is 0.828. The Morgan fingerprint density at radius 3 is 2.80 bits per heavy atom. The molecule has 1 aliphatic rings. The molecule has 2 amide bonds. The van der Waals surface area contributed by atoms with Gasteiger partial charge in [0, 0.05) is 18.7 Å². The Morgan fingerprint density at radius 1 is 1.32 bits per heavy atom. The molecule has 0 aromatic heterocycles. The van der Waals surface area contributed by atoms with Crippen molar-refractivity contribution in [3.8, 4) is 0 Å². The number of halogens is 1. The van der Waals surface area contributed by atoms with Crippen LogP contribution < -0.4 is 5.32 Å². The smallest absolute Gasteiger partial charge is 0.326 e. The molecule has 0 aliphatic carbocycles. The topological polar surface area (TPSA) is 75.7 Å². The summed E-state index contributed by atoms with van der Waals surface area (Å²) in [4.78, 5) is 37.4. The third-order valence-corrected chi connectivity index (χ3v) is 4.11. The Bertz CT molecular complexity index is 662. The van der Waals surface area contributed by atoms with E-state index in [4.69, 9.17) is 4.74 Å². The second-order valence-corrected chi connectivity index (χ2v) is 6.21. The third kappa shape index (κ3) is 5.55. The average Bonchev–Trinajstić information content (AvgIpc) is 2.75. The van der Waals surface area contributed by atoms with E-state index in [1.165, 1.54) is 17.9 Å². The molecule has 1 atom stereocenters. The number of nitrogens with one attached hydrogen (secondary N) is 1. The van der Waals surface area contributed by atoms with Crippen molar-refractivity contribution in [1.82, 2.24) is 4.90 Å². The number of likely N-dealkylation sites (tertiary alicyclic amines) is 1. The molecule has 7 heteroatoms. The van der Waals surface area contributed by atoms with Gasteiger partial charge in [-0.15, -0.1) is 0 Å². The number of carbonyl (C=O) groups is 3. The van der Waals surface area contributed by atoms with Crippen molar-refractivity contribution in [1.29, 1.82) is 0 Å². The first-order chi connectivity index (χ1) is 11.9. The lowest BCUT2D eigenvalue weighted by Crippen LogP contribution is -2.38. The van der Waals surface area contributed by atoms with Gasteiger partial charge in [-0.25, -0.2) is 4.39 Å². The van der Waals surface area contributed by atoms with Crippen LogP contribution >= 0.6 is 0 Å². The molecule has 1 aromatic carbocycles. The zero-order valence-corrected chi connectivity index (χ0v) is 14.5. The van der Waals surface area contributed by atoms with Gasteiger partial charge in [-0.05, 0) is 44.4 Å². The number of benzene rings is 1. The summed E-state index contributed by atoms with van der Waals surface area (Å²) < 4.78 is 18.6. The number of ether oxygens (including phenoxy) is 1. The predicted octanol–water partition coefficient (Wildman–Crippen LogP) is 2.41. The van der Waals surface area contributed by atoms with Crippen LogP contribution in [0.3, 0.4) is 0 Å². The summed E-state index contributed by atoms with van der Waals surface area (Å²) in [5, 5.41) is 2.50. The van der Waals surface area contributed by atoms with Crippen molar-refractivity contribution in [3.05, 3.63) is 29.6 Å². The second kappa shape index (κ2) is 8.60. The molecule has 1 fully saturated rings. The maximum atomic E-state index is 13.5. The SMILES string of the molecule is Cc1ccc(NC(=O)C(C)OC(=O)CN2CCCCCC2=O)cc1F. The number of anilines is 1. The normalized spacial score (nSPS) is 16.1. The Balaban J connectivity index is 1.85.